The van der Waals surface area contributed by atoms with Crippen LogP contribution in [-0.2, 0) is 0 Å². The van der Waals surface area contributed by atoms with Crippen molar-refractivity contribution in [1.29, 1.82) is 0 Å². The van der Waals surface area contributed by atoms with Gasteiger partial charge in [-0.2, -0.15) is 0 Å². The number of aldehydes is 1. The van der Waals surface area contributed by atoms with E-state index in [9.17, 15) is 4.79 Å². The maximum Gasteiger partial charge on any atom is 0.157 e. The quantitative estimate of drug-likeness (QED) is 0.831. The highest BCUT2D eigenvalue weighted by atomic mass is 35.5. The Morgan fingerprint density at radius 2 is 2.17 bits per heavy atom. The lowest BCUT2D eigenvalue weighted by Crippen LogP contribution is -2.04. The zero-order chi connectivity index (χ0) is 13.1. The minimum absolute atomic E-state index is 0.140. The molecule has 18 heavy (non-hydrogen) atoms. The van der Waals surface area contributed by atoms with Crippen molar-refractivity contribution in [2.75, 3.05) is 11.1 Å². The van der Waals surface area contributed by atoms with Crippen molar-refractivity contribution in [2.45, 2.75) is 6.92 Å². The summed E-state index contributed by atoms with van der Waals surface area (Å²) < 4.78 is 0. The van der Waals surface area contributed by atoms with Crippen molar-refractivity contribution in [3.8, 4) is 0 Å². The van der Waals surface area contributed by atoms with E-state index in [4.69, 9.17) is 17.3 Å². The summed E-state index contributed by atoms with van der Waals surface area (Å²) in [6.07, 6.45) is 1.91. The molecular weight excluding hydrogens is 252 g/mol. The molecule has 1 heterocycles. The Balaban J connectivity index is 2.36. The molecule has 0 spiro atoms. The number of halogens is 1. The fourth-order valence-corrected chi connectivity index (χ4v) is 1.61. The third kappa shape index (κ3) is 2.41. The first kappa shape index (κ1) is 12.3. The number of benzene rings is 1. The van der Waals surface area contributed by atoms with Gasteiger partial charge in [0.15, 0.2) is 6.29 Å². The van der Waals surface area contributed by atoms with Crippen LogP contribution in [-0.4, -0.2) is 16.3 Å². The van der Waals surface area contributed by atoms with Crippen LogP contribution < -0.4 is 11.1 Å². The normalized spacial score (nSPS) is 10.1. The van der Waals surface area contributed by atoms with E-state index in [0.717, 1.165) is 11.3 Å². The Bertz CT molecular complexity index is 601. The molecule has 6 heteroatoms. The minimum atomic E-state index is 0.140. The van der Waals surface area contributed by atoms with Crippen molar-refractivity contribution in [1.82, 2.24) is 9.97 Å². The fraction of sp³-hybridized carbons (Fsp3) is 0.0833. The van der Waals surface area contributed by atoms with Crippen LogP contribution in [0.5, 0.6) is 0 Å². The van der Waals surface area contributed by atoms with Gasteiger partial charge in [-0.25, -0.2) is 9.97 Å². The molecule has 0 saturated carbocycles. The van der Waals surface area contributed by atoms with Gasteiger partial charge in [0.1, 0.15) is 18.0 Å². The number of hydrogen-bond donors (Lipinski definition) is 2. The van der Waals surface area contributed by atoms with Crippen molar-refractivity contribution in [2.24, 2.45) is 0 Å². The Morgan fingerprint density at radius 3 is 2.83 bits per heavy atom. The maximum absolute atomic E-state index is 10.9. The Hall–Kier alpha value is -2.14. The molecule has 2 aromatic rings. The van der Waals surface area contributed by atoms with Gasteiger partial charge in [0, 0.05) is 10.7 Å². The van der Waals surface area contributed by atoms with Crippen molar-refractivity contribution >= 4 is 35.2 Å². The predicted octanol–water partition coefficient (Wildman–Crippen LogP) is 2.58. The highest BCUT2D eigenvalue weighted by molar-refractivity contribution is 6.31. The monoisotopic (exact) mass is 262 g/mol. The van der Waals surface area contributed by atoms with E-state index in [1.165, 1.54) is 6.33 Å². The number of aryl methyl sites for hydroxylation is 1. The number of nitrogens with two attached hydrogens (primary N) is 1. The van der Waals surface area contributed by atoms with E-state index in [-0.39, 0.29) is 11.4 Å². The minimum Gasteiger partial charge on any atom is -0.383 e. The van der Waals surface area contributed by atoms with E-state index in [1.807, 2.05) is 19.1 Å². The van der Waals surface area contributed by atoms with Crippen LogP contribution in [0.15, 0.2) is 24.5 Å². The summed E-state index contributed by atoms with van der Waals surface area (Å²) in [4.78, 5) is 18.7. The second kappa shape index (κ2) is 5.01. The number of hydrogen-bond acceptors (Lipinski definition) is 5. The number of carbonyl (C=O) groups is 1. The van der Waals surface area contributed by atoms with Crippen molar-refractivity contribution in [3.63, 3.8) is 0 Å². The van der Waals surface area contributed by atoms with Crippen LogP contribution in [0.25, 0.3) is 0 Å². The Morgan fingerprint density at radius 1 is 1.39 bits per heavy atom. The first-order valence-corrected chi connectivity index (χ1v) is 5.58. The Kier molecular flexibility index (Phi) is 3.43. The topological polar surface area (TPSA) is 80.9 Å². The predicted molar refractivity (Wildman–Crippen MR) is 71.3 cm³/mol. The van der Waals surface area contributed by atoms with Gasteiger partial charge in [0.05, 0.1) is 5.56 Å². The van der Waals surface area contributed by atoms with Crippen LogP contribution in [0.2, 0.25) is 5.02 Å². The molecule has 1 aromatic carbocycles. The third-order valence-electron chi connectivity index (χ3n) is 2.47. The summed E-state index contributed by atoms with van der Waals surface area (Å²) >= 11 is 6.02. The zero-order valence-corrected chi connectivity index (χ0v) is 10.4. The molecule has 0 radical (unpaired) electrons. The van der Waals surface area contributed by atoms with Gasteiger partial charge in [-0.1, -0.05) is 17.7 Å². The van der Waals surface area contributed by atoms with E-state index in [0.29, 0.717) is 17.1 Å². The molecule has 0 aliphatic heterocycles. The van der Waals surface area contributed by atoms with E-state index < -0.39 is 0 Å². The average Bonchev–Trinajstić information content (AvgIpc) is 2.34. The summed E-state index contributed by atoms with van der Waals surface area (Å²) in [5.41, 5.74) is 7.52. The van der Waals surface area contributed by atoms with Crippen LogP contribution in [0.3, 0.4) is 0 Å². The largest absolute Gasteiger partial charge is 0.383 e. The van der Waals surface area contributed by atoms with Crippen LogP contribution in [0, 0.1) is 6.92 Å². The number of carbonyl (C=O) groups excluding carboxylic acids is 1. The molecule has 0 bridgehead atoms. The lowest BCUT2D eigenvalue weighted by atomic mass is 10.2. The first-order valence-electron chi connectivity index (χ1n) is 5.20. The van der Waals surface area contributed by atoms with Crippen LogP contribution in [0.4, 0.5) is 17.3 Å². The molecule has 0 saturated heterocycles. The molecule has 0 fully saturated rings. The van der Waals surface area contributed by atoms with Gasteiger partial charge in [0.25, 0.3) is 0 Å². The smallest absolute Gasteiger partial charge is 0.157 e. The summed E-state index contributed by atoms with van der Waals surface area (Å²) in [5.74, 6) is 0.498. The lowest BCUT2D eigenvalue weighted by Gasteiger charge is -2.09. The molecule has 1 aromatic heterocycles. The molecule has 92 valence electrons. The second-order valence-electron chi connectivity index (χ2n) is 3.73. The molecular formula is C12H11ClN4O. The molecule has 5 nitrogen and oxygen atoms in total. The number of anilines is 3. The van der Waals surface area contributed by atoms with E-state index in [1.54, 1.807) is 6.07 Å². The van der Waals surface area contributed by atoms with E-state index >= 15 is 0 Å². The van der Waals surface area contributed by atoms with Gasteiger partial charge in [-0.05, 0) is 24.6 Å². The lowest BCUT2D eigenvalue weighted by molar-refractivity contribution is 0.112. The molecule has 3 N–H and O–H groups in total. The molecule has 0 aliphatic rings. The van der Waals surface area contributed by atoms with Crippen LogP contribution >= 0.6 is 11.6 Å². The maximum atomic E-state index is 10.9. The second-order valence-corrected chi connectivity index (χ2v) is 4.14. The molecule has 0 atom stereocenters. The number of nitrogens with zero attached hydrogens (tertiary/aromatic N) is 2. The average molecular weight is 263 g/mol. The third-order valence-corrected chi connectivity index (χ3v) is 2.87. The number of aromatic nitrogens is 2. The summed E-state index contributed by atoms with van der Waals surface area (Å²) in [6.45, 7) is 1.91. The van der Waals surface area contributed by atoms with Gasteiger partial charge in [-0.3, -0.25) is 4.79 Å². The zero-order valence-electron chi connectivity index (χ0n) is 9.64. The SMILES string of the molecule is Cc1ccc(Nc2ncnc(N)c2C=O)cc1Cl. The van der Waals surface area contributed by atoms with Gasteiger partial charge in [0.2, 0.25) is 0 Å². The molecule has 2 rings (SSSR count). The van der Waals surface area contributed by atoms with Crippen molar-refractivity contribution < 1.29 is 4.79 Å². The summed E-state index contributed by atoms with van der Waals surface area (Å²) in [6, 6.07) is 5.47. The van der Waals surface area contributed by atoms with Gasteiger partial charge < -0.3 is 11.1 Å². The fourth-order valence-electron chi connectivity index (χ4n) is 1.43. The highest BCUT2D eigenvalue weighted by Gasteiger charge is 2.08. The standard InChI is InChI=1S/C12H11ClN4O/c1-7-2-3-8(4-10(7)13)17-12-9(5-18)11(14)15-6-16-12/h2-6H,1H3,(H3,14,15,16,17). The van der Waals surface area contributed by atoms with E-state index in [2.05, 4.69) is 15.3 Å². The number of rotatable bonds is 3. The van der Waals surface area contributed by atoms with Gasteiger partial charge >= 0.3 is 0 Å². The van der Waals surface area contributed by atoms with Crippen molar-refractivity contribution in [3.05, 3.63) is 40.7 Å². The molecule has 0 amide bonds. The van der Waals surface area contributed by atoms with Crippen LogP contribution in [0.1, 0.15) is 15.9 Å². The molecule has 0 unspecified atom stereocenters. The van der Waals surface area contributed by atoms with Gasteiger partial charge in [-0.15, -0.1) is 0 Å². The first-order chi connectivity index (χ1) is 8.61. The Labute approximate surface area is 109 Å². The summed E-state index contributed by atoms with van der Waals surface area (Å²) in [5, 5.41) is 3.62. The number of nitrogen functional groups attached to an aromatic ring is 1. The highest BCUT2D eigenvalue weighted by Crippen LogP contribution is 2.24. The molecule has 0 aliphatic carbocycles. The number of nitrogens with one attached hydrogen (secondary N) is 1. The summed E-state index contributed by atoms with van der Waals surface area (Å²) in [7, 11) is 0.